The molecule has 9 heteroatoms. The minimum Gasteiger partial charge on any atom is -0.352 e. The average Bonchev–Trinajstić information content (AvgIpc) is 3.04. The molecule has 0 radical (unpaired) electrons. The number of benzene rings is 4. The number of nitrogens with zero attached hydrogens (tertiary/aromatic N) is 2. The summed E-state index contributed by atoms with van der Waals surface area (Å²) < 4.78 is 28.4. The summed E-state index contributed by atoms with van der Waals surface area (Å²) in [5, 5.41) is 5.48. The Morgan fingerprint density at radius 1 is 0.841 bits per heavy atom. The van der Waals surface area contributed by atoms with Crippen molar-refractivity contribution in [3.63, 3.8) is 0 Å². The van der Waals surface area contributed by atoms with E-state index in [9.17, 15) is 18.0 Å². The predicted molar refractivity (Wildman–Crippen MR) is 175 cm³/mol. The van der Waals surface area contributed by atoms with Crippen molar-refractivity contribution in [1.82, 2.24) is 14.5 Å². The Kier molecular flexibility index (Phi) is 10.4. The number of halogens is 1. The standard InChI is InChI=1S/C35H38ClN3O4S/c1-38(44(42,43)32-21-18-28-12-8-9-13-29(28)23-32)25-34(40)39(24-27-16-19-30(36)20-17-27)33(22-26-10-4-2-5-11-26)35(41)37-31-14-6-3-7-15-31/h2,4-5,8-13,16-21,23,31,33H,3,6-7,14-15,22,24-25H2,1H3,(H,37,41). The van der Waals surface area contributed by atoms with Crippen LogP contribution < -0.4 is 5.32 Å². The van der Waals surface area contributed by atoms with E-state index in [2.05, 4.69) is 5.32 Å². The lowest BCUT2D eigenvalue weighted by Gasteiger charge is -2.34. The zero-order valence-electron chi connectivity index (χ0n) is 24.9. The maximum Gasteiger partial charge on any atom is 0.243 e. The molecular formula is C35H38ClN3O4S. The second-order valence-electron chi connectivity index (χ2n) is 11.5. The van der Waals surface area contributed by atoms with Crippen LogP contribution >= 0.6 is 11.6 Å². The van der Waals surface area contributed by atoms with Gasteiger partial charge in [0, 0.05) is 31.1 Å². The molecule has 4 aromatic rings. The van der Waals surface area contributed by atoms with Crippen LogP contribution in [0.1, 0.15) is 43.2 Å². The number of carbonyl (C=O) groups is 2. The largest absolute Gasteiger partial charge is 0.352 e. The van der Waals surface area contributed by atoms with Gasteiger partial charge in [-0.2, -0.15) is 4.31 Å². The maximum atomic E-state index is 14.2. The number of sulfonamides is 1. The molecule has 1 aliphatic carbocycles. The van der Waals surface area contributed by atoms with Crippen molar-refractivity contribution in [2.24, 2.45) is 0 Å². The van der Waals surface area contributed by atoms with E-state index in [1.165, 1.54) is 11.9 Å². The molecule has 0 spiro atoms. The highest BCUT2D eigenvalue weighted by Gasteiger charge is 2.34. The summed E-state index contributed by atoms with van der Waals surface area (Å²) in [6.07, 6.45) is 5.36. The molecule has 1 aliphatic rings. The fourth-order valence-electron chi connectivity index (χ4n) is 5.76. The van der Waals surface area contributed by atoms with Gasteiger partial charge in [-0.3, -0.25) is 9.59 Å². The monoisotopic (exact) mass is 631 g/mol. The third-order valence-electron chi connectivity index (χ3n) is 8.28. The van der Waals surface area contributed by atoms with Crippen LogP contribution in [-0.4, -0.2) is 55.1 Å². The number of fused-ring (bicyclic) bond motifs is 1. The molecule has 0 aliphatic heterocycles. The minimum atomic E-state index is -4.00. The van der Waals surface area contributed by atoms with Gasteiger partial charge in [-0.1, -0.05) is 104 Å². The Balaban J connectivity index is 1.45. The molecule has 1 unspecified atom stereocenters. The van der Waals surface area contributed by atoms with Gasteiger partial charge in [0.25, 0.3) is 0 Å². The van der Waals surface area contributed by atoms with E-state index in [1.54, 1.807) is 30.3 Å². The molecule has 0 saturated heterocycles. The molecule has 2 amide bonds. The summed E-state index contributed by atoms with van der Waals surface area (Å²) in [5.74, 6) is -0.699. The van der Waals surface area contributed by atoms with Gasteiger partial charge in [0.2, 0.25) is 21.8 Å². The normalized spacial score (nSPS) is 14.8. The van der Waals surface area contributed by atoms with Crippen LogP contribution in [0.2, 0.25) is 5.02 Å². The third kappa shape index (κ3) is 7.86. The van der Waals surface area contributed by atoms with Crippen molar-refractivity contribution < 1.29 is 18.0 Å². The van der Waals surface area contributed by atoms with Crippen LogP contribution in [0, 0.1) is 0 Å². The predicted octanol–water partition coefficient (Wildman–Crippen LogP) is 6.20. The lowest BCUT2D eigenvalue weighted by molar-refractivity contribution is -0.141. The summed E-state index contributed by atoms with van der Waals surface area (Å²) in [6, 6.07) is 28.3. The van der Waals surface area contributed by atoms with E-state index in [0.29, 0.717) is 11.4 Å². The molecule has 1 atom stereocenters. The summed E-state index contributed by atoms with van der Waals surface area (Å²) in [5.41, 5.74) is 1.69. The highest BCUT2D eigenvalue weighted by molar-refractivity contribution is 7.89. The average molecular weight is 632 g/mol. The topological polar surface area (TPSA) is 86.8 Å². The molecule has 1 N–H and O–H groups in total. The van der Waals surface area contributed by atoms with Crippen LogP contribution in [0.5, 0.6) is 0 Å². The van der Waals surface area contributed by atoms with Crippen LogP contribution in [0.25, 0.3) is 10.8 Å². The molecule has 0 aromatic heterocycles. The zero-order valence-corrected chi connectivity index (χ0v) is 26.4. The van der Waals surface area contributed by atoms with Crippen LogP contribution in [-0.2, 0) is 32.6 Å². The smallest absolute Gasteiger partial charge is 0.243 e. The molecule has 0 bridgehead atoms. The molecule has 1 fully saturated rings. The number of rotatable bonds is 11. The van der Waals surface area contributed by atoms with Gasteiger partial charge in [0.05, 0.1) is 11.4 Å². The third-order valence-corrected chi connectivity index (χ3v) is 10.3. The molecule has 7 nitrogen and oxygen atoms in total. The van der Waals surface area contributed by atoms with Crippen LogP contribution in [0.4, 0.5) is 0 Å². The minimum absolute atomic E-state index is 0.0537. The van der Waals surface area contributed by atoms with Crippen molar-refractivity contribution >= 4 is 44.2 Å². The quantitative estimate of drug-likeness (QED) is 0.213. The Morgan fingerprint density at radius 3 is 2.20 bits per heavy atom. The lowest BCUT2D eigenvalue weighted by atomic mass is 9.94. The van der Waals surface area contributed by atoms with Crippen molar-refractivity contribution in [3.05, 3.63) is 113 Å². The van der Waals surface area contributed by atoms with Crippen molar-refractivity contribution in [1.29, 1.82) is 0 Å². The van der Waals surface area contributed by atoms with E-state index in [1.807, 2.05) is 66.7 Å². The van der Waals surface area contributed by atoms with E-state index in [0.717, 1.165) is 58.3 Å². The van der Waals surface area contributed by atoms with Gasteiger partial charge >= 0.3 is 0 Å². The van der Waals surface area contributed by atoms with Gasteiger partial charge in [0.15, 0.2) is 0 Å². The fourth-order valence-corrected chi connectivity index (χ4v) is 7.04. The van der Waals surface area contributed by atoms with Crippen molar-refractivity contribution in [3.8, 4) is 0 Å². The van der Waals surface area contributed by atoms with E-state index in [-0.39, 0.29) is 23.4 Å². The highest BCUT2D eigenvalue weighted by atomic mass is 35.5. The van der Waals surface area contributed by atoms with Crippen LogP contribution in [0.15, 0.2) is 102 Å². The molecule has 1 saturated carbocycles. The Morgan fingerprint density at radius 2 is 1.50 bits per heavy atom. The van der Waals surface area contributed by atoms with Crippen molar-refractivity contribution in [2.75, 3.05) is 13.6 Å². The van der Waals surface area contributed by atoms with Gasteiger partial charge in [-0.05, 0) is 59.0 Å². The molecule has 230 valence electrons. The molecule has 0 heterocycles. The Hall–Kier alpha value is -3.72. The van der Waals surface area contributed by atoms with Gasteiger partial charge in [-0.15, -0.1) is 0 Å². The number of likely N-dealkylation sites (N-methyl/N-ethyl adjacent to an activating group) is 1. The first-order chi connectivity index (χ1) is 21.2. The molecule has 4 aromatic carbocycles. The first-order valence-electron chi connectivity index (χ1n) is 15.0. The molecular weight excluding hydrogens is 594 g/mol. The molecule has 44 heavy (non-hydrogen) atoms. The second kappa shape index (κ2) is 14.4. The Bertz CT molecular complexity index is 1690. The van der Waals surface area contributed by atoms with Gasteiger partial charge in [0.1, 0.15) is 6.04 Å². The van der Waals surface area contributed by atoms with E-state index in [4.69, 9.17) is 11.6 Å². The van der Waals surface area contributed by atoms with Crippen molar-refractivity contribution in [2.45, 2.75) is 62.0 Å². The SMILES string of the molecule is CN(CC(=O)N(Cc1ccc(Cl)cc1)C(Cc1ccccc1)C(=O)NC1CCCCC1)S(=O)(=O)c1ccc2ccccc2c1. The Labute approximate surface area is 264 Å². The summed E-state index contributed by atoms with van der Waals surface area (Å²) in [7, 11) is -2.60. The molecule has 5 rings (SSSR count). The van der Waals surface area contributed by atoms with E-state index < -0.39 is 28.5 Å². The first-order valence-corrected chi connectivity index (χ1v) is 16.9. The number of nitrogens with one attached hydrogen (secondary N) is 1. The first kappa shape index (κ1) is 31.7. The van der Waals surface area contributed by atoms with Gasteiger partial charge in [-0.25, -0.2) is 8.42 Å². The summed E-state index contributed by atoms with van der Waals surface area (Å²) in [6.45, 7) is -0.305. The van der Waals surface area contributed by atoms with Gasteiger partial charge < -0.3 is 10.2 Å². The lowest BCUT2D eigenvalue weighted by Crippen LogP contribution is -2.54. The zero-order chi connectivity index (χ0) is 31.1. The maximum absolute atomic E-state index is 14.2. The number of carbonyl (C=O) groups excluding carboxylic acids is 2. The summed E-state index contributed by atoms with van der Waals surface area (Å²) in [4.78, 5) is 29.8. The second-order valence-corrected chi connectivity index (χ2v) is 13.9. The number of amides is 2. The fraction of sp³-hybridized carbons (Fsp3) is 0.314. The summed E-state index contributed by atoms with van der Waals surface area (Å²) >= 11 is 6.14. The van der Waals surface area contributed by atoms with Crippen LogP contribution in [0.3, 0.4) is 0 Å². The number of hydrogen-bond acceptors (Lipinski definition) is 4. The van der Waals surface area contributed by atoms with E-state index >= 15 is 0 Å². The highest BCUT2D eigenvalue weighted by Crippen LogP contribution is 2.23. The number of hydrogen-bond donors (Lipinski definition) is 1.